The van der Waals surface area contributed by atoms with Gasteiger partial charge in [-0.1, -0.05) is 0 Å². The Kier molecular flexibility index (Phi) is 4.56. The average molecular weight is 423 g/mol. The van der Waals surface area contributed by atoms with Crippen LogP contribution in [-0.2, 0) is 27.7 Å². The van der Waals surface area contributed by atoms with E-state index in [4.69, 9.17) is 5.73 Å². The fourth-order valence-electron chi connectivity index (χ4n) is 3.57. The maximum absolute atomic E-state index is 13.2. The minimum absolute atomic E-state index is 0.0467. The van der Waals surface area contributed by atoms with Gasteiger partial charge >= 0.3 is 0 Å². The van der Waals surface area contributed by atoms with Crippen molar-refractivity contribution in [3.8, 4) is 0 Å². The van der Waals surface area contributed by atoms with Crippen molar-refractivity contribution in [2.24, 2.45) is 11.7 Å². The zero-order valence-corrected chi connectivity index (χ0v) is 15.9. The fraction of sp³-hybridized carbons (Fsp3) is 0.688. The third-order valence-electron chi connectivity index (χ3n) is 5.30. The number of thiophene rings is 1. The maximum atomic E-state index is 13.2. The number of nitrogens with two attached hydrogens (primary N) is 1. The van der Waals surface area contributed by atoms with Crippen LogP contribution in [0.1, 0.15) is 36.1 Å². The van der Waals surface area contributed by atoms with Crippen LogP contribution in [0.15, 0.2) is 4.90 Å². The number of amides is 1. The zero-order chi connectivity index (χ0) is 19.6. The monoisotopic (exact) mass is 423 g/mol. The van der Waals surface area contributed by atoms with Gasteiger partial charge in [-0.3, -0.25) is 4.79 Å². The van der Waals surface area contributed by atoms with Crippen LogP contribution in [-0.4, -0.2) is 38.5 Å². The Hall–Kier alpha value is -1.17. The Morgan fingerprint density at radius 3 is 2.56 bits per heavy atom. The van der Waals surface area contributed by atoms with Crippen molar-refractivity contribution in [2.45, 2.75) is 67.6 Å². The number of carbonyl (C=O) groups excluding carboxylic acids is 1. The van der Waals surface area contributed by atoms with E-state index in [0.717, 1.165) is 16.2 Å². The summed E-state index contributed by atoms with van der Waals surface area (Å²) in [4.78, 5) is 12.8. The van der Waals surface area contributed by atoms with E-state index >= 15 is 0 Å². The van der Waals surface area contributed by atoms with Gasteiger partial charge in [-0.25, -0.2) is 26.3 Å². The van der Waals surface area contributed by atoms with Crippen LogP contribution in [0.2, 0.25) is 0 Å². The minimum Gasteiger partial charge on any atom is -0.327 e. The van der Waals surface area contributed by atoms with E-state index in [2.05, 4.69) is 10.0 Å². The van der Waals surface area contributed by atoms with E-state index in [9.17, 15) is 26.4 Å². The van der Waals surface area contributed by atoms with Crippen molar-refractivity contribution < 1.29 is 26.4 Å². The third-order valence-corrected chi connectivity index (χ3v) is 8.27. The second-order valence-electron chi connectivity index (χ2n) is 7.56. The Morgan fingerprint density at radius 2 is 1.96 bits per heavy atom. The Labute approximate surface area is 158 Å². The fourth-order valence-corrected chi connectivity index (χ4v) is 6.81. The number of sulfonamides is 1. The highest BCUT2D eigenvalue weighted by Gasteiger charge is 2.61. The van der Waals surface area contributed by atoms with Gasteiger partial charge in [0.15, 0.2) is 0 Å². The van der Waals surface area contributed by atoms with Gasteiger partial charge in [-0.2, -0.15) is 0 Å². The van der Waals surface area contributed by atoms with E-state index in [-0.39, 0.29) is 28.8 Å². The molecule has 2 saturated carbocycles. The molecule has 2 fully saturated rings. The molecule has 1 unspecified atom stereocenters. The molecule has 1 amide bonds. The molecule has 27 heavy (non-hydrogen) atoms. The number of hydrogen-bond acceptors (Lipinski definition) is 5. The first kappa shape index (κ1) is 19.2. The molecule has 150 valence electrons. The van der Waals surface area contributed by atoms with Gasteiger partial charge in [-0.05, 0) is 37.7 Å². The number of rotatable bonds is 5. The van der Waals surface area contributed by atoms with Crippen LogP contribution in [0.5, 0.6) is 0 Å². The molecule has 6 nitrogen and oxygen atoms in total. The highest BCUT2D eigenvalue weighted by molar-refractivity contribution is 7.90. The molecule has 0 saturated heterocycles. The van der Waals surface area contributed by atoms with Gasteiger partial charge in [0, 0.05) is 23.4 Å². The maximum Gasteiger partial charge on any atom is 0.260 e. The van der Waals surface area contributed by atoms with Gasteiger partial charge in [0.1, 0.15) is 22.0 Å². The van der Waals surface area contributed by atoms with Crippen molar-refractivity contribution >= 4 is 32.3 Å². The predicted octanol–water partition coefficient (Wildman–Crippen LogP) is 1.94. The molecule has 1 aromatic rings. The summed E-state index contributed by atoms with van der Waals surface area (Å²) in [6.07, 6.45) is 0.208. The summed E-state index contributed by atoms with van der Waals surface area (Å²) in [5.74, 6) is -5.35. The lowest BCUT2D eigenvalue weighted by Gasteiger charge is -2.30. The van der Waals surface area contributed by atoms with Gasteiger partial charge in [-0.15, -0.1) is 11.3 Å². The lowest BCUT2D eigenvalue weighted by Crippen LogP contribution is -2.45. The van der Waals surface area contributed by atoms with Crippen LogP contribution in [0.4, 0.5) is 18.2 Å². The number of carbonyl (C=O) groups is 1. The summed E-state index contributed by atoms with van der Waals surface area (Å²) >= 11 is 1.09. The largest absolute Gasteiger partial charge is 0.327 e. The predicted molar refractivity (Wildman–Crippen MR) is 94.2 cm³/mol. The summed E-state index contributed by atoms with van der Waals surface area (Å²) in [7, 11) is -4.04. The molecule has 11 heteroatoms. The standard InChI is InChI=1S/C16H20F3N3O3S2/c17-7-3-9(4-7)22-27(24,25)13-10-5-8(20)1-2-12(10)26-15(13)21-14(23)11-6-16(11,18)19/h7-9,11,22H,1-6,20H2,(H,21,23)/t7-,8-,9-,11?/m0/s1. The van der Waals surface area contributed by atoms with Gasteiger partial charge in [0.2, 0.25) is 15.9 Å². The van der Waals surface area contributed by atoms with Crippen LogP contribution in [0.25, 0.3) is 0 Å². The topological polar surface area (TPSA) is 101 Å². The number of aryl methyl sites for hydroxylation is 1. The molecule has 0 bridgehead atoms. The van der Waals surface area contributed by atoms with Crippen LogP contribution in [0.3, 0.4) is 0 Å². The van der Waals surface area contributed by atoms with Crippen molar-refractivity contribution in [2.75, 3.05) is 5.32 Å². The second kappa shape index (κ2) is 6.43. The molecule has 0 aromatic carbocycles. The van der Waals surface area contributed by atoms with Crippen LogP contribution >= 0.6 is 11.3 Å². The van der Waals surface area contributed by atoms with Crippen molar-refractivity contribution in [3.05, 3.63) is 10.4 Å². The normalized spacial score (nSPS) is 31.7. The Balaban J connectivity index is 1.65. The van der Waals surface area contributed by atoms with Gasteiger partial charge in [0.25, 0.3) is 5.92 Å². The van der Waals surface area contributed by atoms with E-state index in [1.54, 1.807) is 0 Å². The van der Waals surface area contributed by atoms with E-state index in [1.165, 1.54) is 0 Å². The van der Waals surface area contributed by atoms with Gasteiger partial charge < -0.3 is 11.1 Å². The van der Waals surface area contributed by atoms with Crippen molar-refractivity contribution in [1.29, 1.82) is 0 Å². The lowest BCUT2D eigenvalue weighted by atomic mass is 9.92. The number of fused-ring (bicyclic) bond motifs is 1. The quantitative estimate of drug-likeness (QED) is 0.674. The van der Waals surface area contributed by atoms with Crippen LogP contribution in [0, 0.1) is 5.92 Å². The molecular formula is C16H20F3N3O3S2. The summed E-state index contributed by atoms with van der Waals surface area (Å²) in [5.41, 5.74) is 6.50. The van der Waals surface area contributed by atoms with E-state index in [0.29, 0.717) is 24.8 Å². The summed E-state index contributed by atoms with van der Waals surface area (Å²) in [5, 5.41) is 2.44. The minimum atomic E-state index is -4.04. The lowest BCUT2D eigenvalue weighted by molar-refractivity contribution is -0.119. The molecule has 0 aliphatic heterocycles. The molecule has 1 heterocycles. The molecule has 3 aliphatic rings. The number of anilines is 1. The molecule has 3 aliphatic carbocycles. The average Bonchev–Trinajstić information content (AvgIpc) is 3.01. The van der Waals surface area contributed by atoms with E-state index in [1.807, 2.05) is 0 Å². The molecule has 4 rings (SSSR count). The highest BCUT2D eigenvalue weighted by atomic mass is 32.2. The SMILES string of the molecule is N[C@H]1CCc2sc(NC(=O)C3CC3(F)F)c(S(=O)(=O)N[C@H]3C[C@H](F)C3)c2C1. The number of hydrogen-bond donors (Lipinski definition) is 3. The first-order valence-corrected chi connectivity index (χ1v) is 11.1. The molecular weight excluding hydrogens is 403 g/mol. The number of alkyl halides is 3. The smallest absolute Gasteiger partial charge is 0.260 e. The van der Waals surface area contributed by atoms with E-state index < -0.39 is 46.4 Å². The molecule has 0 radical (unpaired) electrons. The Morgan fingerprint density at radius 1 is 1.30 bits per heavy atom. The van der Waals surface area contributed by atoms with Crippen molar-refractivity contribution in [3.63, 3.8) is 0 Å². The zero-order valence-electron chi connectivity index (χ0n) is 14.3. The highest BCUT2D eigenvalue weighted by Crippen LogP contribution is 2.50. The molecule has 4 N–H and O–H groups in total. The summed E-state index contributed by atoms with van der Waals surface area (Å²) in [6.45, 7) is 0. The van der Waals surface area contributed by atoms with Crippen molar-refractivity contribution in [1.82, 2.24) is 4.72 Å². The molecule has 1 aromatic heterocycles. The molecule has 2 atom stereocenters. The first-order valence-electron chi connectivity index (χ1n) is 8.82. The summed E-state index contributed by atoms with van der Waals surface area (Å²) in [6, 6.07) is -0.717. The Bertz CT molecular complexity index is 881. The summed E-state index contributed by atoms with van der Waals surface area (Å²) < 4.78 is 67.7. The van der Waals surface area contributed by atoms with Gasteiger partial charge in [0.05, 0.1) is 0 Å². The second-order valence-corrected chi connectivity index (χ2v) is 10.3. The first-order chi connectivity index (χ1) is 12.6. The third kappa shape index (κ3) is 3.62. The van der Waals surface area contributed by atoms with Crippen LogP contribution < -0.4 is 15.8 Å². The number of halogens is 3. The molecule has 0 spiro atoms. The number of nitrogens with one attached hydrogen (secondary N) is 2.